The molecule has 0 saturated carbocycles. The van der Waals surface area contributed by atoms with Crippen LogP contribution in [0, 0.1) is 17.2 Å². The van der Waals surface area contributed by atoms with Gasteiger partial charge >= 0.3 is 0 Å². The molecule has 34 heavy (non-hydrogen) atoms. The minimum absolute atomic E-state index is 0.0218. The van der Waals surface area contributed by atoms with Crippen LogP contribution in [0.1, 0.15) is 56.0 Å². The molecule has 4 atom stereocenters. The fraction of sp³-hybridized carbons (Fsp3) is 0.458. The van der Waals surface area contributed by atoms with Crippen LogP contribution in [0.2, 0.25) is 0 Å². The van der Waals surface area contributed by atoms with Crippen LogP contribution in [0.3, 0.4) is 0 Å². The number of aliphatic hydroxyl groups is 1. The first-order valence-electron chi connectivity index (χ1n) is 11.1. The molecule has 2 amide bonds. The van der Waals surface area contributed by atoms with Gasteiger partial charge in [0.25, 0.3) is 5.88 Å². The molecule has 0 bridgehead atoms. The largest absolute Gasteiger partial charge is 0.468 e. The van der Waals surface area contributed by atoms with Gasteiger partial charge in [-0.3, -0.25) is 14.4 Å². The van der Waals surface area contributed by atoms with E-state index in [1.54, 1.807) is 24.3 Å². The third-order valence-electron chi connectivity index (χ3n) is 5.81. The molecule has 0 aliphatic carbocycles. The second kappa shape index (κ2) is 10.9. The number of nitrogens with zero attached hydrogens (tertiary/aromatic N) is 3. The molecule has 1 fully saturated rings. The van der Waals surface area contributed by atoms with Crippen molar-refractivity contribution in [3.8, 4) is 11.9 Å². The Morgan fingerprint density at radius 2 is 2.06 bits per heavy atom. The van der Waals surface area contributed by atoms with Crippen LogP contribution in [0.25, 0.3) is 0 Å². The average Bonchev–Trinajstić information content (AvgIpc) is 3.44. The highest BCUT2D eigenvalue weighted by Gasteiger charge is 2.43. The predicted octanol–water partition coefficient (Wildman–Crippen LogP) is 1.70. The van der Waals surface area contributed by atoms with Gasteiger partial charge in [-0.2, -0.15) is 5.26 Å². The Morgan fingerprint density at radius 1 is 1.35 bits per heavy atom. The number of hydrogen-bond donors (Lipinski definition) is 2. The molecule has 180 valence electrons. The van der Waals surface area contributed by atoms with Crippen LogP contribution in [0.15, 0.2) is 34.9 Å². The van der Waals surface area contributed by atoms with E-state index in [9.17, 15) is 19.5 Å². The van der Waals surface area contributed by atoms with E-state index in [0.717, 1.165) is 5.56 Å². The Bertz CT molecular complexity index is 1060. The molecule has 3 rings (SSSR count). The first-order chi connectivity index (χ1) is 16.2. The van der Waals surface area contributed by atoms with Crippen molar-refractivity contribution in [3.63, 3.8) is 0 Å². The molecule has 10 nitrogen and oxygen atoms in total. The molecule has 1 unspecified atom stereocenters. The number of carbonyl (C=O) groups is 3. The van der Waals surface area contributed by atoms with E-state index in [1.165, 1.54) is 11.0 Å². The molecule has 2 aromatic rings. The molecular weight excluding hydrogens is 440 g/mol. The Labute approximate surface area is 197 Å². The van der Waals surface area contributed by atoms with Gasteiger partial charge in [-0.05, 0) is 35.7 Å². The second-order valence-electron chi connectivity index (χ2n) is 8.63. The number of β-amino-alcohol motifs (C(OH)–C–C–N with tert-alkyl or cyclic N) is 1. The van der Waals surface area contributed by atoms with Gasteiger partial charge in [0.15, 0.2) is 12.0 Å². The number of hydrogen-bond acceptors (Lipinski definition) is 8. The van der Waals surface area contributed by atoms with Crippen molar-refractivity contribution >= 4 is 18.1 Å². The molecule has 2 N–H and O–H groups in total. The maximum atomic E-state index is 13.5. The van der Waals surface area contributed by atoms with Crippen LogP contribution < -0.4 is 10.1 Å². The van der Waals surface area contributed by atoms with E-state index in [4.69, 9.17) is 14.5 Å². The summed E-state index contributed by atoms with van der Waals surface area (Å²) < 4.78 is 10.4. The topological polar surface area (TPSA) is 146 Å². The highest BCUT2D eigenvalue weighted by Crippen LogP contribution is 2.32. The summed E-state index contributed by atoms with van der Waals surface area (Å²) in [5, 5.41) is 25.9. The first-order valence-corrected chi connectivity index (χ1v) is 11.1. The van der Waals surface area contributed by atoms with E-state index < -0.39 is 18.1 Å². The maximum absolute atomic E-state index is 13.5. The van der Waals surface area contributed by atoms with Gasteiger partial charge < -0.3 is 24.6 Å². The maximum Gasteiger partial charge on any atom is 0.254 e. The smallest absolute Gasteiger partial charge is 0.254 e. The third-order valence-corrected chi connectivity index (χ3v) is 5.81. The number of ether oxygens (including phenoxy) is 1. The number of likely N-dealkylation sites (tertiary alicyclic amines) is 1. The third kappa shape index (κ3) is 5.61. The van der Waals surface area contributed by atoms with Gasteiger partial charge in [0.2, 0.25) is 11.8 Å². The Morgan fingerprint density at radius 3 is 2.68 bits per heavy atom. The molecular formula is C24H28N4O6. The van der Waals surface area contributed by atoms with Crippen LogP contribution in [0.4, 0.5) is 0 Å². The second-order valence-corrected chi connectivity index (χ2v) is 8.63. The van der Waals surface area contributed by atoms with Crippen molar-refractivity contribution < 1.29 is 28.8 Å². The van der Waals surface area contributed by atoms with E-state index in [-0.39, 0.29) is 55.0 Å². The van der Waals surface area contributed by atoms with Crippen molar-refractivity contribution in [1.29, 1.82) is 5.26 Å². The molecule has 1 saturated heterocycles. The Hall–Kier alpha value is -3.71. The monoisotopic (exact) mass is 468 g/mol. The lowest BCUT2D eigenvalue weighted by molar-refractivity contribution is -0.141. The number of aliphatic hydroxyl groups excluding tert-OH is 1. The fourth-order valence-electron chi connectivity index (χ4n) is 4.07. The van der Waals surface area contributed by atoms with Crippen LogP contribution >= 0.6 is 0 Å². The number of aromatic nitrogens is 1. The summed E-state index contributed by atoms with van der Waals surface area (Å²) in [6, 6.07) is 9.17. The number of nitrogens with one attached hydrogen (secondary N) is 1. The van der Waals surface area contributed by atoms with E-state index in [0.29, 0.717) is 11.8 Å². The highest BCUT2D eigenvalue weighted by atomic mass is 16.5. The quantitative estimate of drug-likeness (QED) is 0.529. The van der Waals surface area contributed by atoms with Crippen molar-refractivity contribution in [2.24, 2.45) is 5.92 Å². The van der Waals surface area contributed by atoms with Gasteiger partial charge in [-0.25, -0.2) is 0 Å². The van der Waals surface area contributed by atoms with E-state index >= 15 is 0 Å². The molecule has 2 heterocycles. The van der Waals surface area contributed by atoms with Crippen LogP contribution in [-0.2, 0) is 14.4 Å². The van der Waals surface area contributed by atoms with Gasteiger partial charge in [-0.15, -0.1) is 0 Å². The first kappa shape index (κ1) is 24.9. The number of benzene rings is 1. The highest BCUT2D eigenvalue weighted by molar-refractivity contribution is 5.91. The molecule has 1 aromatic carbocycles. The minimum atomic E-state index is -0.849. The summed E-state index contributed by atoms with van der Waals surface area (Å²) in [4.78, 5) is 38.5. The Kier molecular flexibility index (Phi) is 8.02. The van der Waals surface area contributed by atoms with Crippen molar-refractivity contribution in [2.75, 3.05) is 13.2 Å². The molecule has 1 aromatic heterocycles. The lowest BCUT2D eigenvalue weighted by atomic mass is 9.91. The van der Waals surface area contributed by atoms with Gasteiger partial charge in [0.05, 0.1) is 23.8 Å². The number of rotatable bonds is 9. The van der Waals surface area contributed by atoms with Crippen LogP contribution in [0.5, 0.6) is 5.88 Å². The summed E-state index contributed by atoms with van der Waals surface area (Å²) >= 11 is 0. The Balaban J connectivity index is 1.76. The molecule has 0 spiro atoms. The van der Waals surface area contributed by atoms with Crippen LogP contribution in [-0.4, -0.2) is 58.6 Å². The van der Waals surface area contributed by atoms with Crippen molar-refractivity contribution in [2.45, 2.75) is 51.3 Å². The molecule has 10 heteroatoms. The number of carbonyl (C=O) groups excluding carboxylic acids is 3. The average molecular weight is 469 g/mol. The predicted molar refractivity (Wildman–Crippen MR) is 119 cm³/mol. The summed E-state index contributed by atoms with van der Waals surface area (Å²) in [5.74, 6) is -1.34. The van der Waals surface area contributed by atoms with Crippen molar-refractivity contribution in [1.82, 2.24) is 15.4 Å². The van der Waals surface area contributed by atoms with Gasteiger partial charge in [0.1, 0.15) is 18.6 Å². The van der Waals surface area contributed by atoms with E-state index in [2.05, 4.69) is 16.5 Å². The number of nitriles is 1. The summed E-state index contributed by atoms with van der Waals surface area (Å²) in [5.41, 5.74) is 1.33. The van der Waals surface area contributed by atoms with Gasteiger partial charge in [-0.1, -0.05) is 26.0 Å². The van der Waals surface area contributed by atoms with E-state index in [1.807, 2.05) is 20.8 Å². The lowest BCUT2D eigenvalue weighted by Gasteiger charge is -2.29. The summed E-state index contributed by atoms with van der Waals surface area (Å²) in [6.07, 6.45) is -0.140. The molecule has 0 radical (unpaired) electrons. The fourth-order valence-corrected chi connectivity index (χ4v) is 4.07. The number of amides is 2. The number of aldehydes is 1. The summed E-state index contributed by atoms with van der Waals surface area (Å²) in [7, 11) is 0. The molecule has 1 aliphatic heterocycles. The van der Waals surface area contributed by atoms with Crippen molar-refractivity contribution in [3.05, 3.63) is 47.2 Å². The van der Waals surface area contributed by atoms with Gasteiger partial charge in [0, 0.05) is 19.0 Å². The lowest BCUT2D eigenvalue weighted by Crippen LogP contribution is -2.48. The SMILES string of the molecule is CC(C)C(C(=O)N1C[C@H](O)C[C@H]1C(=O)N[C@@H](C)c1ccc(C#N)cc1)c1cc(OCC=O)no1. The minimum Gasteiger partial charge on any atom is -0.468 e. The normalized spacial score (nSPS) is 19.4. The zero-order chi connectivity index (χ0) is 24.8. The summed E-state index contributed by atoms with van der Waals surface area (Å²) in [6.45, 7) is 5.32. The zero-order valence-electron chi connectivity index (χ0n) is 19.3. The molecule has 1 aliphatic rings. The zero-order valence-corrected chi connectivity index (χ0v) is 19.3. The standard InChI is InChI=1S/C24H28N4O6/c1-14(2)22(20-11-21(27-34-20)33-9-8-29)24(32)28-13-18(30)10-19(28)23(31)26-15(3)17-6-4-16(12-25)5-7-17/h4-8,11,14-15,18-19,22,30H,9-10,13H2,1-3H3,(H,26,31)/t15-,18+,19-,22?/m0/s1.